The van der Waals surface area contributed by atoms with Gasteiger partial charge in [0.2, 0.25) is 0 Å². The molecule has 0 radical (unpaired) electrons. The number of benzene rings is 5. The van der Waals surface area contributed by atoms with E-state index >= 15 is 0 Å². The Bertz CT molecular complexity index is 1940. The van der Waals surface area contributed by atoms with E-state index in [4.69, 9.17) is 0 Å². The van der Waals surface area contributed by atoms with Gasteiger partial charge >= 0.3 is 0 Å². The summed E-state index contributed by atoms with van der Waals surface area (Å²) in [6, 6.07) is 33.1. The van der Waals surface area contributed by atoms with E-state index < -0.39 is 5.41 Å². The highest BCUT2D eigenvalue weighted by molar-refractivity contribution is 6.15. The average molecular weight is 532 g/mol. The smallest absolute Gasteiger partial charge is 0.193 e. The fourth-order valence-electron chi connectivity index (χ4n) is 7.96. The molecule has 2 aliphatic heterocycles. The summed E-state index contributed by atoms with van der Waals surface area (Å²) in [7, 11) is 0. The van der Waals surface area contributed by atoms with E-state index in [1.165, 1.54) is 61.6 Å². The van der Waals surface area contributed by atoms with E-state index in [-0.39, 0.29) is 11.2 Å². The fraction of sp³-hybridized carbons (Fsp3) is 0.205. The largest absolute Gasteiger partial charge is 0.309 e. The summed E-state index contributed by atoms with van der Waals surface area (Å²) in [6.45, 7) is 13.6. The average Bonchev–Trinajstić information content (AvgIpc) is 2.96. The molecule has 0 saturated carbocycles. The van der Waals surface area contributed by atoms with E-state index in [1.807, 2.05) is 24.3 Å². The van der Waals surface area contributed by atoms with Crippen LogP contribution in [-0.2, 0) is 10.8 Å². The van der Waals surface area contributed by atoms with Crippen LogP contribution in [0.15, 0.2) is 91.0 Å². The number of rotatable bonds is 0. The van der Waals surface area contributed by atoms with Gasteiger partial charge in [-0.15, -0.1) is 0 Å². The Labute approximate surface area is 242 Å². The molecule has 0 unspecified atom stereocenters. The van der Waals surface area contributed by atoms with Crippen LogP contribution in [0, 0.1) is 27.7 Å². The molecule has 0 aromatic heterocycles. The lowest BCUT2D eigenvalue weighted by Gasteiger charge is -2.53. The molecule has 0 saturated heterocycles. The number of ketones is 1. The maximum atomic E-state index is 14.0. The fourth-order valence-corrected chi connectivity index (χ4v) is 7.96. The second kappa shape index (κ2) is 7.85. The number of aryl methyl sites for hydroxylation is 4. The Morgan fingerprint density at radius 1 is 0.537 bits per heavy atom. The predicted octanol–water partition coefficient (Wildman–Crippen LogP) is 9.27. The number of hydrogen-bond acceptors (Lipinski definition) is 2. The van der Waals surface area contributed by atoms with Crippen molar-refractivity contribution in [3.8, 4) is 0 Å². The van der Waals surface area contributed by atoms with E-state index in [1.54, 1.807) is 0 Å². The molecule has 5 aromatic carbocycles. The normalized spacial score (nSPS) is 16.4. The van der Waals surface area contributed by atoms with Gasteiger partial charge in [0.05, 0.1) is 22.5 Å². The minimum Gasteiger partial charge on any atom is -0.309 e. The van der Waals surface area contributed by atoms with E-state index in [0.717, 1.165) is 22.3 Å². The van der Waals surface area contributed by atoms with E-state index in [9.17, 15) is 4.79 Å². The Balaban J connectivity index is 1.65. The van der Waals surface area contributed by atoms with Crippen LogP contribution in [0.1, 0.15) is 85.4 Å². The van der Waals surface area contributed by atoms with Crippen LogP contribution in [0.25, 0.3) is 0 Å². The quantitative estimate of drug-likeness (QED) is 0.194. The van der Waals surface area contributed by atoms with Gasteiger partial charge in [0.25, 0.3) is 0 Å². The van der Waals surface area contributed by atoms with Crippen molar-refractivity contribution in [2.45, 2.75) is 52.4 Å². The van der Waals surface area contributed by atoms with Crippen molar-refractivity contribution in [1.82, 2.24) is 0 Å². The van der Waals surface area contributed by atoms with E-state index in [2.05, 4.69) is 113 Å². The highest BCUT2D eigenvalue weighted by Crippen LogP contribution is 2.65. The molecule has 41 heavy (non-hydrogen) atoms. The molecule has 5 aromatic rings. The Morgan fingerprint density at radius 2 is 1.12 bits per heavy atom. The monoisotopic (exact) mass is 531 g/mol. The Hall–Kier alpha value is -4.43. The maximum Gasteiger partial charge on any atom is 0.193 e. The molecule has 8 rings (SSSR count). The zero-order valence-corrected chi connectivity index (χ0v) is 24.5. The first-order chi connectivity index (χ1) is 19.7. The molecule has 0 fully saturated rings. The summed E-state index contributed by atoms with van der Waals surface area (Å²) in [5.41, 5.74) is 16.8. The molecule has 3 aliphatic rings. The zero-order chi connectivity index (χ0) is 28.4. The minimum atomic E-state index is -0.625. The molecular formula is C39H33NO. The zero-order valence-electron chi connectivity index (χ0n) is 24.5. The molecule has 2 heteroatoms. The van der Waals surface area contributed by atoms with Gasteiger partial charge < -0.3 is 4.90 Å². The van der Waals surface area contributed by atoms with Gasteiger partial charge in [-0.1, -0.05) is 104 Å². The second-order valence-corrected chi connectivity index (χ2v) is 12.8. The van der Waals surface area contributed by atoms with Crippen molar-refractivity contribution in [3.05, 3.63) is 158 Å². The summed E-state index contributed by atoms with van der Waals surface area (Å²) in [6.07, 6.45) is 0. The van der Waals surface area contributed by atoms with Gasteiger partial charge in [0.15, 0.2) is 5.78 Å². The molecule has 2 heterocycles. The van der Waals surface area contributed by atoms with Crippen LogP contribution in [0.4, 0.5) is 17.1 Å². The van der Waals surface area contributed by atoms with Crippen molar-refractivity contribution in [1.29, 1.82) is 0 Å². The van der Waals surface area contributed by atoms with Crippen LogP contribution >= 0.6 is 0 Å². The van der Waals surface area contributed by atoms with Crippen molar-refractivity contribution in [2.24, 2.45) is 0 Å². The highest BCUT2D eigenvalue weighted by Gasteiger charge is 2.54. The topological polar surface area (TPSA) is 20.3 Å². The van der Waals surface area contributed by atoms with Crippen molar-refractivity contribution < 1.29 is 4.79 Å². The molecule has 2 nitrogen and oxygen atoms in total. The number of nitrogens with zero attached hydrogens (tertiary/aromatic N) is 1. The number of carbonyl (C=O) groups is 1. The number of carbonyl (C=O) groups excluding carboxylic acids is 1. The highest BCUT2D eigenvalue weighted by atomic mass is 16.1. The molecule has 1 aliphatic carbocycles. The predicted molar refractivity (Wildman–Crippen MR) is 168 cm³/mol. The Morgan fingerprint density at radius 3 is 1.80 bits per heavy atom. The number of fused-ring (bicyclic) bond motifs is 10. The summed E-state index contributed by atoms with van der Waals surface area (Å²) in [5.74, 6) is 0.109. The van der Waals surface area contributed by atoms with Gasteiger partial charge in [0.1, 0.15) is 0 Å². The molecule has 0 N–H and O–H groups in total. The third-order valence-corrected chi connectivity index (χ3v) is 10.0. The first-order valence-corrected chi connectivity index (χ1v) is 14.6. The lowest BCUT2D eigenvalue weighted by Crippen LogP contribution is -2.45. The van der Waals surface area contributed by atoms with Gasteiger partial charge in [0, 0.05) is 16.5 Å². The molecule has 0 atom stereocenters. The Kier molecular flexibility index (Phi) is 4.67. The van der Waals surface area contributed by atoms with Gasteiger partial charge in [-0.25, -0.2) is 0 Å². The van der Waals surface area contributed by atoms with Crippen LogP contribution in [0.5, 0.6) is 0 Å². The third kappa shape index (κ3) is 2.85. The second-order valence-electron chi connectivity index (χ2n) is 12.8. The lowest BCUT2D eigenvalue weighted by molar-refractivity contribution is 0.103. The van der Waals surface area contributed by atoms with Crippen molar-refractivity contribution in [2.75, 3.05) is 4.90 Å². The maximum absolute atomic E-state index is 14.0. The van der Waals surface area contributed by atoms with Crippen molar-refractivity contribution in [3.63, 3.8) is 0 Å². The van der Waals surface area contributed by atoms with E-state index in [0.29, 0.717) is 0 Å². The first-order valence-electron chi connectivity index (χ1n) is 14.6. The molecule has 200 valence electrons. The molecular weight excluding hydrogens is 498 g/mol. The van der Waals surface area contributed by atoms with Gasteiger partial charge in [-0.2, -0.15) is 0 Å². The van der Waals surface area contributed by atoms with Crippen molar-refractivity contribution >= 4 is 22.8 Å². The third-order valence-electron chi connectivity index (χ3n) is 10.0. The molecule has 0 amide bonds. The summed E-state index contributed by atoms with van der Waals surface area (Å²) < 4.78 is 0. The number of hydrogen-bond donors (Lipinski definition) is 0. The van der Waals surface area contributed by atoms with Crippen LogP contribution in [0.2, 0.25) is 0 Å². The standard InChI is InChI=1S/C39H33NO/c1-22-15-16-34-30(17-22)38(5,6)32-18-23(2)19-33-36(32)40(34)35-21-25(4)24(3)20-31(35)39(33)28-13-9-7-11-26(28)37(41)27-12-8-10-14-29(27)39/h7-21H,1-6H3. The first kappa shape index (κ1) is 24.4. The molecule has 1 spiro atoms. The minimum absolute atomic E-state index is 0.109. The van der Waals surface area contributed by atoms with Crippen LogP contribution in [-0.4, -0.2) is 5.78 Å². The SMILES string of the molecule is Cc1ccc2c(c1)C(C)(C)c1cc(C)cc3c1N2c1cc(C)c(C)cc1C31c2ccccc2C(=O)c2ccccc21. The van der Waals surface area contributed by atoms with Crippen LogP contribution < -0.4 is 4.90 Å². The molecule has 0 bridgehead atoms. The summed E-state index contributed by atoms with van der Waals surface area (Å²) in [5, 5.41) is 0. The summed E-state index contributed by atoms with van der Waals surface area (Å²) >= 11 is 0. The summed E-state index contributed by atoms with van der Waals surface area (Å²) in [4.78, 5) is 16.6. The number of anilines is 3. The lowest BCUT2D eigenvalue weighted by atomic mass is 9.55. The van der Waals surface area contributed by atoms with Gasteiger partial charge in [-0.3, -0.25) is 4.79 Å². The van der Waals surface area contributed by atoms with Gasteiger partial charge in [-0.05, 0) is 84.3 Å². The van der Waals surface area contributed by atoms with Crippen LogP contribution in [0.3, 0.4) is 0 Å².